The second-order valence-electron chi connectivity index (χ2n) is 4.43. The number of nitrogens with one attached hydrogen (secondary N) is 1. The van der Waals surface area contributed by atoms with Gasteiger partial charge in [-0.2, -0.15) is 11.8 Å². The summed E-state index contributed by atoms with van der Waals surface area (Å²) in [6.45, 7) is 0.653. The molecule has 5 nitrogen and oxygen atoms in total. The van der Waals surface area contributed by atoms with E-state index in [9.17, 15) is 9.59 Å². The lowest BCUT2D eigenvalue weighted by atomic mass is 10.2. The third-order valence-corrected chi connectivity index (χ3v) is 4.37. The second kappa shape index (κ2) is 6.97. The molecule has 0 spiro atoms. The first kappa shape index (κ1) is 15.2. The molecule has 7 heteroatoms. The lowest BCUT2D eigenvalue weighted by Gasteiger charge is -2.31. The molecule has 1 amide bonds. The number of hydrogen-bond donors (Lipinski definition) is 2. The molecule has 1 aliphatic heterocycles. The number of amides is 1. The van der Waals surface area contributed by atoms with Crippen LogP contribution in [0.5, 0.6) is 0 Å². The Labute approximate surface area is 126 Å². The van der Waals surface area contributed by atoms with Crippen molar-refractivity contribution in [2.45, 2.75) is 6.04 Å². The summed E-state index contributed by atoms with van der Waals surface area (Å²) in [6.07, 6.45) is 0. The van der Waals surface area contributed by atoms with Gasteiger partial charge in [0, 0.05) is 18.1 Å². The minimum absolute atomic E-state index is 0.0583. The number of rotatable bonds is 4. The van der Waals surface area contributed by atoms with Gasteiger partial charge in [0.05, 0.1) is 17.3 Å². The van der Waals surface area contributed by atoms with E-state index in [1.54, 1.807) is 40.9 Å². The highest BCUT2D eigenvalue weighted by atomic mass is 35.5. The molecule has 1 aliphatic rings. The molecule has 20 heavy (non-hydrogen) atoms. The molecule has 0 bridgehead atoms. The van der Waals surface area contributed by atoms with Crippen molar-refractivity contribution in [3.63, 3.8) is 0 Å². The third-order valence-electron chi connectivity index (χ3n) is 3.02. The van der Waals surface area contributed by atoms with Crippen LogP contribution in [-0.4, -0.2) is 52.5 Å². The Hall–Kier alpha value is -1.24. The number of thioether (sulfide) groups is 1. The maximum Gasteiger partial charge on any atom is 0.321 e. The van der Waals surface area contributed by atoms with Crippen LogP contribution in [0.4, 0.5) is 5.69 Å². The number of aliphatic carboxylic acids is 1. The van der Waals surface area contributed by atoms with Crippen molar-refractivity contribution < 1.29 is 14.7 Å². The van der Waals surface area contributed by atoms with Crippen LogP contribution in [0.2, 0.25) is 5.02 Å². The van der Waals surface area contributed by atoms with E-state index in [1.807, 2.05) is 0 Å². The fourth-order valence-electron chi connectivity index (χ4n) is 1.99. The number of benzene rings is 1. The van der Waals surface area contributed by atoms with Gasteiger partial charge in [-0.15, -0.1) is 0 Å². The second-order valence-corrected chi connectivity index (χ2v) is 5.98. The number of para-hydroxylation sites is 1. The lowest BCUT2D eigenvalue weighted by Crippen LogP contribution is -2.50. The van der Waals surface area contributed by atoms with E-state index in [1.165, 1.54) is 0 Å². The number of anilines is 1. The molecule has 1 fully saturated rings. The molecule has 1 saturated heterocycles. The SMILES string of the molecule is O=C(CN1CCSCC1C(=O)O)Nc1ccccc1Cl. The molecule has 108 valence electrons. The molecular weight excluding hydrogens is 300 g/mol. The van der Waals surface area contributed by atoms with E-state index >= 15 is 0 Å². The van der Waals surface area contributed by atoms with Gasteiger partial charge in [0.1, 0.15) is 6.04 Å². The maximum atomic E-state index is 12.0. The normalized spacial score (nSPS) is 19.6. The monoisotopic (exact) mass is 314 g/mol. The summed E-state index contributed by atoms with van der Waals surface area (Å²) in [7, 11) is 0. The highest BCUT2D eigenvalue weighted by molar-refractivity contribution is 7.99. The van der Waals surface area contributed by atoms with E-state index in [4.69, 9.17) is 16.7 Å². The molecule has 1 aromatic rings. The standard InChI is InChI=1S/C13H15ClN2O3S/c14-9-3-1-2-4-10(9)15-12(17)7-16-5-6-20-8-11(16)13(18)19/h1-4,11H,5-8H2,(H,15,17)(H,18,19). The number of carboxylic acids is 1. The summed E-state index contributed by atoms with van der Waals surface area (Å²) >= 11 is 7.56. The zero-order chi connectivity index (χ0) is 14.5. The zero-order valence-electron chi connectivity index (χ0n) is 10.7. The van der Waals surface area contributed by atoms with Crippen LogP contribution in [0.1, 0.15) is 0 Å². The summed E-state index contributed by atoms with van der Waals surface area (Å²) in [5.41, 5.74) is 0.539. The molecular formula is C13H15ClN2O3S. The molecule has 1 heterocycles. The van der Waals surface area contributed by atoms with Gasteiger partial charge in [-0.3, -0.25) is 14.5 Å². The third kappa shape index (κ3) is 3.88. The Morgan fingerprint density at radius 2 is 2.20 bits per heavy atom. The Bertz CT molecular complexity index is 512. The predicted molar refractivity (Wildman–Crippen MR) is 80.4 cm³/mol. The first-order valence-corrected chi connectivity index (χ1v) is 7.70. The Balaban J connectivity index is 1.96. The first-order valence-electron chi connectivity index (χ1n) is 6.17. The minimum Gasteiger partial charge on any atom is -0.480 e. The number of hydrogen-bond acceptors (Lipinski definition) is 4. The molecule has 1 unspecified atom stereocenters. The van der Waals surface area contributed by atoms with E-state index in [0.29, 0.717) is 23.0 Å². The van der Waals surface area contributed by atoms with Crippen LogP contribution in [-0.2, 0) is 9.59 Å². The number of carbonyl (C=O) groups excluding carboxylic acids is 1. The molecule has 0 aliphatic carbocycles. The summed E-state index contributed by atoms with van der Waals surface area (Å²) in [5, 5.41) is 12.3. The highest BCUT2D eigenvalue weighted by Gasteiger charge is 2.30. The van der Waals surface area contributed by atoms with Crippen LogP contribution in [0.3, 0.4) is 0 Å². The van der Waals surface area contributed by atoms with Crippen molar-refractivity contribution in [1.82, 2.24) is 4.90 Å². The van der Waals surface area contributed by atoms with E-state index in [0.717, 1.165) is 5.75 Å². The molecule has 0 aromatic heterocycles. The van der Waals surface area contributed by atoms with E-state index < -0.39 is 12.0 Å². The van der Waals surface area contributed by atoms with Crippen LogP contribution in [0.15, 0.2) is 24.3 Å². The number of carbonyl (C=O) groups is 2. The van der Waals surface area contributed by atoms with Crippen molar-refractivity contribution in [2.24, 2.45) is 0 Å². The number of nitrogens with zero attached hydrogens (tertiary/aromatic N) is 1. The number of carboxylic acid groups (broad SMARTS) is 1. The van der Waals surface area contributed by atoms with Gasteiger partial charge in [-0.25, -0.2) is 0 Å². The summed E-state index contributed by atoms with van der Waals surface area (Å²) < 4.78 is 0. The van der Waals surface area contributed by atoms with Crippen LogP contribution in [0, 0.1) is 0 Å². The van der Waals surface area contributed by atoms with Crippen molar-refractivity contribution in [3.05, 3.63) is 29.3 Å². The summed E-state index contributed by atoms with van der Waals surface area (Å²) in [5.74, 6) is 0.205. The van der Waals surface area contributed by atoms with Crippen LogP contribution >= 0.6 is 23.4 Å². The predicted octanol–water partition coefficient (Wildman–Crippen LogP) is 1.78. The smallest absolute Gasteiger partial charge is 0.321 e. The maximum absolute atomic E-state index is 12.0. The van der Waals surface area contributed by atoms with Gasteiger partial charge in [-0.05, 0) is 12.1 Å². The van der Waals surface area contributed by atoms with Crippen molar-refractivity contribution in [3.8, 4) is 0 Å². The average Bonchev–Trinajstić information content (AvgIpc) is 2.41. The molecule has 2 rings (SSSR count). The minimum atomic E-state index is -0.886. The molecule has 0 radical (unpaired) electrons. The topological polar surface area (TPSA) is 69.6 Å². The van der Waals surface area contributed by atoms with Gasteiger partial charge >= 0.3 is 5.97 Å². The molecule has 1 atom stereocenters. The van der Waals surface area contributed by atoms with Crippen LogP contribution in [0.25, 0.3) is 0 Å². The average molecular weight is 315 g/mol. The van der Waals surface area contributed by atoms with Crippen molar-refractivity contribution >= 4 is 40.9 Å². The van der Waals surface area contributed by atoms with Crippen LogP contribution < -0.4 is 5.32 Å². The lowest BCUT2D eigenvalue weighted by molar-refractivity contribution is -0.142. The van der Waals surface area contributed by atoms with Crippen molar-refractivity contribution in [1.29, 1.82) is 0 Å². The zero-order valence-corrected chi connectivity index (χ0v) is 12.3. The van der Waals surface area contributed by atoms with Gasteiger partial charge in [0.2, 0.25) is 5.91 Å². The van der Waals surface area contributed by atoms with E-state index in [-0.39, 0.29) is 12.5 Å². The van der Waals surface area contributed by atoms with Gasteiger partial charge in [0.25, 0.3) is 0 Å². The summed E-state index contributed by atoms with van der Waals surface area (Å²) in [4.78, 5) is 24.8. The molecule has 0 saturated carbocycles. The van der Waals surface area contributed by atoms with Gasteiger partial charge < -0.3 is 10.4 Å². The number of halogens is 1. The van der Waals surface area contributed by atoms with Crippen molar-refractivity contribution in [2.75, 3.05) is 29.9 Å². The Morgan fingerprint density at radius 1 is 1.45 bits per heavy atom. The fourth-order valence-corrected chi connectivity index (χ4v) is 3.28. The van der Waals surface area contributed by atoms with Gasteiger partial charge in [0.15, 0.2) is 0 Å². The Kier molecular flexibility index (Phi) is 5.28. The highest BCUT2D eigenvalue weighted by Crippen LogP contribution is 2.21. The fraction of sp³-hybridized carbons (Fsp3) is 0.385. The molecule has 2 N–H and O–H groups in total. The largest absolute Gasteiger partial charge is 0.480 e. The Morgan fingerprint density at radius 3 is 2.90 bits per heavy atom. The first-order chi connectivity index (χ1) is 9.58. The summed E-state index contributed by atoms with van der Waals surface area (Å²) in [6, 6.07) is 6.35. The van der Waals surface area contributed by atoms with Gasteiger partial charge in [-0.1, -0.05) is 23.7 Å². The molecule has 1 aromatic carbocycles. The quantitative estimate of drug-likeness (QED) is 0.886. The van der Waals surface area contributed by atoms with E-state index in [2.05, 4.69) is 5.32 Å².